The van der Waals surface area contributed by atoms with Crippen LogP contribution >= 0.6 is 11.6 Å². The number of carbonyl (C=O) groups excluding carboxylic acids is 1. The van der Waals surface area contributed by atoms with Crippen LogP contribution in [-0.2, 0) is 13.0 Å². The zero-order valence-corrected chi connectivity index (χ0v) is 15.8. The highest BCUT2D eigenvalue weighted by Crippen LogP contribution is 2.22. The average Bonchev–Trinajstić information content (AvgIpc) is 2.93. The fraction of sp³-hybridized carbons (Fsp3) is 0.238. The van der Waals surface area contributed by atoms with Gasteiger partial charge in [0.1, 0.15) is 11.9 Å². The second kappa shape index (κ2) is 7.45. The van der Waals surface area contributed by atoms with Gasteiger partial charge in [-0.15, -0.1) is 0 Å². The number of hydrogen-bond acceptors (Lipinski definition) is 4. The number of rotatable bonds is 2. The summed E-state index contributed by atoms with van der Waals surface area (Å²) in [4.78, 5) is 30.1. The Morgan fingerprint density at radius 1 is 1.18 bits per heavy atom. The van der Waals surface area contributed by atoms with Crippen molar-refractivity contribution >= 4 is 34.1 Å². The number of nitriles is 1. The van der Waals surface area contributed by atoms with Crippen molar-refractivity contribution in [1.82, 2.24) is 9.55 Å². The summed E-state index contributed by atoms with van der Waals surface area (Å²) in [7, 11) is 0. The number of amides is 1. The fourth-order valence-corrected chi connectivity index (χ4v) is 3.64. The van der Waals surface area contributed by atoms with Gasteiger partial charge in [-0.3, -0.25) is 14.2 Å². The van der Waals surface area contributed by atoms with Crippen LogP contribution in [0.15, 0.2) is 41.2 Å². The van der Waals surface area contributed by atoms with E-state index < -0.39 is 5.91 Å². The topological polar surface area (TPSA) is 87.8 Å². The van der Waals surface area contributed by atoms with Gasteiger partial charge in [0.2, 0.25) is 0 Å². The summed E-state index contributed by atoms with van der Waals surface area (Å²) >= 11 is 5.97. The molecule has 4 rings (SSSR count). The van der Waals surface area contributed by atoms with Crippen molar-refractivity contribution in [1.29, 1.82) is 5.26 Å². The van der Waals surface area contributed by atoms with Crippen LogP contribution in [0.2, 0.25) is 5.02 Å². The second-order valence-corrected chi connectivity index (χ2v) is 7.22. The molecule has 0 fully saturated rings. The number of fused-ring (bicyclic) bond motifs is 2. The molecule has 28 heavy (non-hydrogen) atoms. The molecular weight excluding hydrogens is 376 g/mol. The van der Waals surface area contributed by atoms with E-state index in [1.807, 2.05) is 6.07 Å². The number of benzene rings is 2. The maximum atomic E-state index is 12.8. The molecule has 1 aromatic heterocycles. The van der Waals surface area contributed by atoms with Crippen LogP contribution in [0.25, 0.3) is 10.9 Å². The Hall–Kier alpha value is -3.17. The average molecular weight is 393 g/mol. The van der Waals surface area contributed by atoms with Crippen LogP contribution < -0.4 is 10.9 Å². The number of carbonyl (C=O) groups is 1. The zero-order chi connectivity index (χ0) is 19.7. The number of aryl methyl sites for hydroxylation is 1. The lowest BCUT2D eigenvalue weighted by Crippen LogP contribution is -2.24. The first kappa shape index (κ1) is 18.2. The van der Waals surface area contributed by atoms with E-state index in [1.165, 1.54) is 6.07 Å². The highest BCUT2D eigenvalue weighted by Gasteiger charge is 2.16. The summed E-state index contributed by atoms with van der Waals surface area (Å²) in [6, 6.07) is 11.6. The Bertz CT molecular complexity index is 1190. The van der Waals surface area contributed by atoms with Crippen LogP contribution in [0.3, 0.4) is 0 Å². The highest BCUT2D eigenvalue weighted by molar-refractivity contribution is 6.31. The largest absolute Gasteiger partial charge is 0.321 e. The second-order valence-electron chi connectivity index (χ2n) is 6.78. The Morgan fingerprint density at radius 2 is 2.04 bits per heavy atom. The van der Waals surface area contributed by atoms with Gasteiger partial charge in [-0.05, 0) is 49.2 Å². The van der Waals surface area contributed by atoms with Crippen molar-refractivity contribution in [2.45, 2.75) is 32.2 Å². The van der Waals surface area contributed by atoms with Gasteiger partial charge in [0.15, 0.2) is 0 Å². The van der Waals surface area contributed by atoms with E-state index in [1.54, 1.807) is 34.9 Å². The van der Waals surface area contributed by atoms with E-state index in [0.29, 0.717) is 39.3 Å². The van der Waals surface area contributed by atoms with Crippen LogP contribution in [-0.4, -0.2) is 15.5 Å². The van der Waals surface area contributed by atoms with Crippen LogP contribution in [0.4, 0.5) is 5.69 Å². The molecule has 0 saturated carbocycles. The maximum absolute atomic E-state index is 12.8. The molecule has 1 amide bonds. The molecule has 2 heterocycles. The molecule has 0 aliphatic carbocycles. The molecule has 1 aliphatic rings. The Morgan fingerprint density at radius 3 is 2.86 bits per heavy atom. The molecule has 0 unspecified atom stereocenters. The van der Waals surface area contributed by atoms with Gasteiger partial charge < -0.3 is 5.32 Å². The minimum absolute atomic E-state index is 0.0598. The molecule has 0 bridgehead atoms. The number of nitrogens with zero attached hydrogens (tertiary/aromatic N) is 3. The van der Waals surface area contributed by atoms with Crippen molar-refractivity contribution in [3.8, 4) is 6.07 Å². The number of hydrogen-bond donors (Lipinski definition) is 1. The van der Waals surface area contributed by atoms with Crippen LogP contribution in [0.5, 0.6) is 0 Å². The molecule has 140 valence electrons. The van der Waals surface area contributed by atoms with Crippen molar-refractivity contribution in [2.75, 3.05) is 5.32 Å². The monoisotopic (exact) mass is 392 g/mol. The van der Waals surface area contributed by atoms with Gasteiger partial charge in [0.25, 0.3) is 11.5 Å². The third-order valence-corrected chi connectivity index (χ3v) is 5.16. The molecule has 1 aliphatic heterocycles. The molecule has 0 saturated heterocycles. The van der Waals surface area contributed by atoms with Crippen molar-refractivity contribution < 1.29 is 4.79 Å². The lowest BCUT2D eigenvalue weighted by Gasteiger charge is -2.11. The van der Waals surface area contributed by atoms with E-state index in [4.69, 9.17) is 11.6 Å². The molecule has 0 spiro atoms. The predicted octanol–water partition coefficient (Wildman–Crippen LogP) is 3.90. The summed E-state index contributed by atoms with van der Waals surface area (Å²) in [6.07, 6.45) is 3.81. The number of aromatic nitrogens is 2. The first-order chi connectivity index (χ1) is 13.6. The first-order valence-corrected chi connectivity index (χ1v) is 9.49. The van der Waals surface area contributed by atoms with E-state index >= 15 is 0 Å². The van der Waals surface area contributed by atoms with Crippen LogP contribution in [0, 0.1) is 11.3 Å². The molecule has 0 atom stereocenters. The smallest absolute Gasteiger partial charge is 0.261 e. The number of anilines is 1. The Kier molecular flexibility index (Phi) is 4.84. The highest BCUT2D eigenvalue weighted by atomic mass is 35.5. The summed E-state index contributed by atoms with van der Waals surface area (Å²) in [5.41, 5.74) is 1.48. The third-order valence-electron chi connectivity index (χ3n) is 4.93. The predicted molar refractivity (Wildman–Crippen MR) is 108 cm³/mol. The van der Waals surface area contributed by atoms with Crippen molar-refractivity contribution in [3.05, 3.63) is 68.7 Å². The van der Waals surface area contributed by atoms with Gasteiger partial charge in [0.05, 0.1) is 22.2 Å². The van der Waals surface area contributed by atoms with Crippen LogP contribution in [0.1, 0.15) is 41.0 Å². The normalized spacial score (nSPS) is 13.4. The zero-order valence-electron chi connectivity index (χ0n) is 15.0. The number of nitrogens with one attached hydrogen (secondary N) is 1. The van der Waals surface area contributed by atoms with Gasteiger partial charge in [0, 0.05) is 23.6 Å². The molecular formula is C21H17ClN4O2. The third kappa shape index (κ3) is 3.37. The minimum Gasteiger partial charge on any atom is -0.321 e. The van der Waals surface area contributed by atoms with Crippen molar-refractivity contribution in [2.24, 2.45) is 0 Å². The lowest BCUT2D eigenvalue weighted by molar-refractivity contribution is 0.102. The molecule has 3 aromatic rings. The minimum atomic E-state index is -0.391. The van der Waals surface area contributed by atoms with E-state index in [9.17, 15) is 14.9 Å². The molecule has 0 radical (unpaired) electrons. The summed E-state index contributed by atoms with van der Waals surface area (Å²) < 4.78 is 1.75. The summed E-state index contributed by atoms with van der Waals surface area (Å²) in [6.45, 7) is 0.686. The summed E-state index contributed by atoms with van der Waals surface area (Å²) in [5, 5.41) is 12.8. The molecule has 2 aromatic carbocycles. The quantitative estimate of drug-likeness (QED) is 0.716. The first-order valence-electron chi connectivity index (χ1n) is 9.11. The molecule has 1 N–H and O–H groups in total. The maximum Gasteiger partial charge on any atom is 0.261 e. The van der Waals surface area contributed by atoms with E-state index in [0.717, 1.165) is 31.5 Å². The standard InChI is InChI=1S/C21H17ClN4O2/c22-15-7-5-14(12-23)17(11-15)25-20(27)13-6-8-16-18(10-13)24-19-4-2-1-3-9-26(19)21(16)28/h5-8,10-11H,1-4,9H2,(H,25,27). The van der Waals surface area contributed by atoms with Gasteiger partial charge in [-0.1, -0.05) is 18.0 Å². The Labute approximate surface area is 166 Å². The molecule has 7 heteroatoms. The van der Waals surface area contributed by atoms with E-state index in [2.05, 4.69) is 10.3 Å². The summed E-state index contributed by atoms with van der Waals surface area (Å²) in [5.74, 6) is 0.381. The number of halogens is 1. The fourth-order valence-electron chi connectivity index (χ4n) is 3.47. The Balaban J connectivity index is 1.72. The van der Waals surface area contributed by atoms with Gasteiger partial charge in [-0.25, -0.2) is 4.98 Å². The van der Waals surface area contributed by atoms with Gasteiger partial charge in [-0.2, -0.15) is 5.26 Å². The van der Waals surface area contributed by atoms with Crippen molar-refractivity contribution in [3.63, 3.8) is 0 Å². The lowest BCUT2D eigenvalue weighted by atomic mass is 10.1. The van der Waals surface area contributed by atoms with Gasteiger partial charge >= 0.3 is 0 Å². The molecule has 6 nitrogen and oxygen atoms in total. The van der Waals surface area contributed by atoms with E-state index in [-0.39, 0.29) is 5.56 Å². The SMILES string of the molecule is N#Cc1ccc(Cl)cc1NC(=O)c1ccc2c(=O)n3c(nc2c1)CCCCC3.